The molecule has 1 aliphatic rings. The van der Waals surface area contributed by atoms with Gasteiger partial charge in [-0.15, -0.1) is 0 Å². The van der Waals surface area contributed by atoms with Gasteiger partial charge in [-0.2, -0.15) is 0 Å². The van der Waals surface area contributed by atoms with Gasteiger partial charge in [0.25, 0.3) is 0 Å². The Morgan fingerprint density at radius 2 is 2.39 bits per heavy atom. The van der Waals surface area contributed by atoms with Crippen LogP contribution in [-0.2, 0) is 0 Å². The molecule has 1 aromatic rings. The molecule has 1 aromatic heterocycles. The van der Waals surface area contributed by atoms with Crippen molar-refractivity contribution in [1.82, 2.24) is 15.3 Å². The van der Waals surface area contributed by atoms with E-state index >= 15 is 0 Å². The number of nitrogens with one attached hydrogen (secondary N) is 2. The number of aromatic nitrogens is 2. The van der Waals surface area contributed by atoms with Gasteiger partial charge in [0.2, 0.25) is 5.88 Å². The minimum Gasteiger partial charge on any atom is -0.475 e. The summed E-state index contributed by atoms with van der Waals surface area (Å²) in [6, 6.07) is 2.51. The van der Waals surface area contributed by atoms with Crippen molar-refractivity contribution in [2.75, 3.05) is 18.4 Å². The van der Waals surface area contributed by atoms with Crippen molar-refractivity contribution in [2.45, 2.75) is 45.3 Å². The summed E-state index contributed by atoms with van der Waals surface area (Å²) in [4.78, 5) is 8.27. The van der Waals surface area contributed by atoms with E-state index in [-0.39, 0.29) is 6.10 Å². The summed E-state index contributed by atoms with van der Waals surface area (Å²) in [5.41, 5.74) is 0. The molecule has 2 heterocycles. The van der Waals surface area contributed by atoms with E-state index in [0.717, 1.165) is 25.3 Å². The lowest BCUT2D eigenvalue weighted by Crippen LogP contribution is -2.24. The molecule has 0 amide bonds. The Bertz CT molecular complexity index is 364. The molecule has 0 bridgehead atoms. The first kappa shape index (κ1) is 13.1. The van der Waals surface area contributed by atoms with Crippen LogP contribution >= 0.6 is 0 Å². The molecule has 18 heavy (non-hydrogen) atoms. The first-order valence-corrected chi connectivity index (χ1v) is 6.70. The molecule has 1 atom stereocenters. The van der Waals surface area contributed by atoms with Crippen molar-refractivity contribution in [3.05, 3.63) is 12.4 Å². The minimum absolute atomic E-state index is 0.135. The molecule has 1 saturated heterocycles. The van der Waals surface area contributed by atoms with E-state index in [1.165, 1.54) is 19.2 Å². The van der Waals surface area contributed by atoms with Crippen LogP contribution in [0.5, 0.6) is 5.88 Å². The summed E-state index contributed by atoms with van der Waals surface area (Å²) in [7, 11) is 0. The molecule has 5 nitrogen and oxygen atoms in total. The molecular weight excluding hydrogens is 228 g/mol. The Balaban J connectivity index is 1.77. The second-order valence-corrected chi connectivity index (χ2v) is 4.92. The maximum absolute atomic E-state index is 5.53. The highest BCUT2D eigenvalue weighted by atomic mass is 16.5. The molecule has 0 spiro atoms. The fourth-order valence-electron chi connectivity index (χ4n) is 2.12. The summed E-state index contributed by atoms with van der Waals surface area (Å²) in [6.07, 6.45) is 5.38. The van der Waals surface area contributed by atoms with Crippen LogP contribution in [0.2, 0.25) is 0 Å². The molecule has 1 fully saturated rings. The molecule has 5 heteroatoms. The van der Waals surface area contributed by atoms with E-state index in [4.69, 9.17) is 4.74 Å². The van der Waals surface area contributed by atoms with Gasteiger partial charge in [0.1, 0.15) is 12.1 Å². The Labute approximate surface area is 108 Å². The number of ether oxygens (including phenoxy) is 1. The maximum Gasteiger partial charge on any atom is 0.218 e. The van der Waals surface area contributed by atoms with Gasteiger partial charge in [-0.25, -0.2) is 9.97 Å². The number of anilines is 1. The van der Waals surface area contributed by atoms with Crippen LogP contribution in [0.4, 0.5) is 5.82 Å². The third-order valence-electron chi connectivity index (χ3n) is 2.96. The first-order chi connectivity index (χ1) is 8.74. The number of hydrogen-bond donors (Lipinski definition) is 2. The van der Waals surface area contributed by atoms with Crippen molar-refractivity contribution >= 4 is 5.82 Å². The number of hydrogen-bond acceptors (Lipinski definition) is 5. The summed E-state index contributed by atoms with van der Waals surface area (Å²) in [5, 5.41) is 6.80. The van der Waals surface area contributed by atoms with Crippen LogP contribution in [0.1, 0.15) is 33.1 Å². The zero-order valence-electron chi connectivity index (χ0n) is 11.1. The molecular formula is C13H22N4O. The number of nitrogens with zero attached hydrogens (tertiary/aromatic N) is 2. The SMILES string of the molecule is CC(C)Oc1cc(NCC[C@@H]2CCCN2)ncn1. The quantitative estimate of drug-likeness (QED) is 0.806. The number of rotatable bonds is 6. The molecule has 0 aliphatic carbocycles. The monoisotopic (exact) mass is 250 g/mol. The first-order valence-electron chi connectivity index (χ1n) is 6.70. The normalized spacial score (nSPS) is 19.2. The van der Waals surface area contributed by atoms with Crippen LogP contribution in [0.15, 0.2) is 12.4 Å². The Morgan fingerprint density at radius 1 is 1.50 bits per heavy atom. The second kappa shape index (κ2) is 6.54. The third-order valence-corrected chi connectivity index (χ3v) is 2.96. The summed E-state index contributed by atoms with van der Waals surface area (Å²) in [6.45, 7) is 6.06. The minimum atomic E-state index is 0.135. The van der Waals surface area contributed by atoms with E-state index in [2.05, 4.69) is 20.6 Å². The molecule has 0 unspecified atom stereocenters. The predicted octanol–water partition coefficient (Wildman–Crippen LogP) is 1.82. The lowest BCUT2D eigenvalue weighted by Gasteiger charge is -2.12. The van der Waals surface area contributed by atoms with Crippen molar-refractivity contribution in [3.8, 4) is 5.88 Å². The van der Waals surface area contributed by atoms with Gasteiger partial charge in [0.15, 0.2) is 0 Å². The van der Waals surface area contributed by atoms with Gasteiger partial charge < -0.3 is 15.4 Å². The summed E-state index contributed by atoms with van der Waals surface area (Å²) >= 11 is 0. The van der Waals surface area contributed by atoms with Crippen LogP contribution < -0.4 is 15.4 Å². The zero-order valence-corrected chi connectivity index (χ0v) is 11.1. The van der Waals surface area contributed by atoms with Crippen LogP contribution in [0, 0.1) is 0 Å². The van der Waals surface area contributed by atoms with E-state index in [0.29, 0.717) is 11.9 Å². The molecule has 0 saturated carbocycles. The summed E-state index contributed by atoms with van der Waals surface area (Å²) in [5.74, 6) is 1.46. The average Bonchev–Trinajstić information content (AvgIpc) is 2.82. The fourth-order valence-corrected chi connectivity index (χ4v) is 2.12. The predicted molar refractivity (Wildman–Crippen MR) is 71.9 cm³/mol. The maximum atomic E-state index is 5.53. The Morgan fingerprint density at radius 3 is 3.11 bits per heavy atom. The van der Waals surface area contributed by atoms with Gasteiger partial charge in [0, 0.05) is 18.7 Å². The standard InChI is InChI=1S/C13H22N4O/c1-10(2)18-13-8-12(16-9-17-13)15-7-5-11-4-3-6-14-11/h8-11,14H,3-7H2,1-2H3,(H,15,16,17)/t11-/m0/s1. The molecule has 2 rings (SSSR count). The smallest absolute Gasteiger partial charge is 0.218 e. The van der Waals surface area contributed by atoms with Crippen molar-refractivity contribution in [2.24, 2.45) is 0 Å². The second-order valence-electron chi connectivity index (χ2n) is 4.92. The molecule has 0 radical (unpaired) electrons. The van der Waals surface area contributed by atoms with Gasteiger partial charge in [-0.3, -0.25) is 0 Å². The molecule has 100 valence electrons. The van der Waals surface area contributed by atoms with Crippen LogP contribution in [-0.4, -0.2) is 35.2 Å². The van der Waals surface area contributed by atoms with Gasteiger partial charge in [0.05, 0.1) is 6.10 Å². The Kier molecular flexibility index (Phi) is 4.75. The third kappa shape index (κ3) is 4.14. The van der Waals surface area contributed by atoms with Crippen LogP contribution in [0.25, 0.3) is 0 Å². The largest absolute Gasteiger partial charge is 0.475 e. The average molecular weight is 250 g/mol. The van der Waals surface area contributed by atoms with E-state index < -0.39 is 0 Å². The highest BCUT2D eigenvalue weighted by Crippen LogP contribution is 2.13. The van der Waals surface area contributed by atoms with Crippen molar-refractivity contribution in [3.63, 3.8) is 0 Å². The zero-order chi connectivity index (χ0) is 12.8. The fraction of sp³-hybridized carbons (Fsp3) is 0.692. The topological polar surface area (TPSA) is 59.1 Å². The van der Waals surface area contributed by atoms with E-state index in [9.17, 15) is 0 Å². The van der Waals surface area contributed by atoms with Crippen LogP contribution in [0.3, 0.4) is 0 Å². The summed E-state index contributed by atoms with van der Waals surface area (Å²) < 4.78 is 5.53. The molecule has 1 aliphatic heterocycles. The lowest BCUT2D eigenvalue weighted by molar-refractivity contribution is 0.232. The van der Waals surface area contributed by atoms with Gasteiger partial charge in [-0.05, 0) is 39.7 Å². The van der Waals surface area contributed by atoms with E-state index in [1.54, 1.807) is 0 Å². The lowest BCUT2D eigenvalue weighted by atomic mass is 10.1. The molecule has 2 N–H and O–H groups in total. The highest BCUT2D eigenvalue weighted by molar-refractivity contribution is 5.36. The van der Waals surface area contributed by atoms with E-state index in [1.807, 2.05) is 19.9 Å². The highest BCUT2D eigenvalue weighted by Gasteiger charge is 2.13. The molecule has 0 aromatic carbocycles. The Hall–Kier alpha value is -1.36. The van der Waals surface area contributed by atoms with Crippen molar-refractivity contribution < 1.29 is 4.74 Å². The van der Waals surface area contributed by atoms with Gasteiger partial charge >= 0.3 is 0 Å². The van der Waals surface area contributed by atoms with Gasteiger partial charge in [-0.1, -0.05) is 0 Å². The van der Waals surface area contributed by atoms with Crippen molar-refractivity contribution in [1.29, 1.82) is 0 Å².